The smallest absolute Gasteiger partial charge is 0.410 e. The van der Waals surface area contributed by atoms with Crippen LogP contribution in [0.25, 0.3) is 0 Å². The van der Waals surface area contributed by atoms with Crippen molar-refractivity contribution in [3.8, 4) is 0 Å². The molecular weight excluding hydrogens is 334 g/mol. The Kier molecular flexibility index (Phi) is 8.03. The number of pyridine rings is 1. The number of amides is 1. The van der Waals surface area contributed by atoms with Crippen molar-refractivity contribution in [1.82, 2.24) is 15.2 Å². The number of aromatic nitrogens is 1. The molecule has 1 saturated heterocycles. The fraction of sp³-hybridized carbons (Fsp3) is 0.684. The zero-order valence-electron chi connectivity index (χ0n) is 15.7. The molecule has 1 N–H and O–H groups in total. The normalized spacial score (nSPS) is 17.5. The standard InChI is InChI=1S/C19H31N3O2S/c1-19(2,3)24-18(23)22(14-16-6-4-8-20-12-16)10-5-9-21-13-17-7-11-25-15-17/h4,6,8,12,17,21H,5,7,9-11,13-15H2,1-3H3. The van der Waals surface area contributed by atoms with Crippen LogP contribution < -0.4 is 5.32 Å². The second-order valence-corrected chi connectivity index (χ2v) is 8.70. The molecule has 1 aliphatic heterocycles. The van der Waals surface area contributed by atoms with E-state index in [1.54, 1.807) is 17.3 Å². The Morgan fingerprint density at radius 3 is 2.96 bits per heavy atom. The third-order valence-corrected chi connectivity index (χ3v) is 5.22. The molecule has 1 unspecified atom stereocenters. The summed E-state index contributed by atoms with van der Waals surface area (Å²) in [6.07, 6.45) is 5.52. The highest BCUT2D eigenvalue weighted by molar-refractivity contribution is 7.99. The predicted octanol–water partition coefficient (Wildman–Crippen LogP) is 3.55. The van der Waals surface area contributed by atoms with Crippen LogP contribution in [0.5, 0.6) is 0 Å². The van der Waals surface area contributed by atoms with Crippen LogP contribution >= 0.6 is 11.8 Å². The molecule has 1 amide bonds. The molecule has 1 aromatic rings. The van der Waals surface area contributed by atoms with Gasteiger partial charge in [-0.05, 0) is 75.8 Å². The molecule has 5 nitrogen and oxygen atoms in total. The number of carbonyl (C=O) groups is 1. The lowest BCUT2D eigenvalue weighted by molar-refractivity contribution is 0.0231. The van der Waals surface area contributed by atoms with Crippen LogP contribution in [-0.4, -0.2) is 52.7 Å². The van der Waals surface area contributed by atoms with E-state index in [0.29, 0.717) is 13.1 Å². The minimum Gasteiger partial charge on any atom is -0.444 e. The van der Waals surface area contributed by atoms with Crippen molar-refractivity contribution < 1.29 is 9.53 Å². The molecule has 140 valence electrons. The lowest BCUT2D eigenvalue weighted by Crippen LogP contribution is -2.38. The zero-order valence-corrected chi connectivity index (χ0v) is 16.5. The first kappa shape index (κ1) is 20.0. The molecule has 0 spiro atoms. The van der Waals surface area contributed by atoms with Gasteiger partial charge in [-0.15, -0.1) is 0 Å². The second kappa shape index (κ2) is 10.0. The summed E-state index contributed by atoms with van der Waals surface area (Å²) in [7, 11) is 0. The van der Waals surface area contributed by atoms with Crippen molar-refractivity contribution in [2.24, 2.45) is 5.92 Å². The Morgan fingerprint density at radius 1 is 1.48 bits per heavy atom. The first-order valence-corrected chi connectivity index (χ1v) is 10.2. The highest BCUT2D eigenvalue weighted by Crippen LogP contribution is 2.22. The van der Waals surface area contributed by atoms with Gasteiger partial charge in [-0.2, -0.15) is 11.8 Å². The van der Waals surface area contributed by atoms with Crippen LogP contribution in [0.4, 0.5) is 4.79 Å². The van der Waals surface area contributed by atoms with Crippen LogP contribution in [0.1, 0.15) is 39.2 Å². The molecule has 0 aliphatic carbocycles. The molecule has 0 bridgehead atoms. The minimum atomic E-state index is -0.483. The van der Waals surface area contributed by atoms with Crippen molar-refractivity contribution in [3.05, 3.63) is 30.1 Å². The summed E-state index contributed by atoms with van der Waals surface area (Å²) in [4.78, 5) is 18.4. The van der Waals surface area contributed by atoms with Crippen LogP contribution in [0.3, 0.4) is 0 Å². The molecule has 1 aromatic heterocycles. The Hall–Kier alpha value is -1.27. The molecule has 2 heterocycles. The van der Waals surface area contributed by atoms with Gasteiger partial charge in [-0.1, -0.05) is 6.07 Å². The van der Waals surface area contributed by atoms with Crippen molar-refractivity contribution in [2.75, 3.05) is 31.1 Å². The van der Waals surface area contributed by atoms with Gasteiger partial charge in [-0.3, -0.25) is 4.98 Å². The van der Waals surface area contributed by atoms with Crippen molar-refractivity contribution in [3.63, 3.8) is 0 Å². The van der Waals surface area contributed by atoms with Gasteiger partial charge in [0.25, 0.3) is 0 Å². The van der Waals surface area contributed by atoms with E-state index in [-0.39, 0.29) is 6.09 Å². The lowest BCUT2D eigenvalue weighted by Gasteiger charge is -2.27. The van der Waals surface area contributed by atoms with Crippen molar-refractivity contribution in [2.45, 2.75) is 45.8 Å². The number of carbonyl (C=O) groups excluding carboxylic acids is 1. The van der Waals surface area contributed by atoms with E-state index in [0.717, 1.165) is 31.0 Å². The summed E-state index contributed by atoms with van der Waals surface area (Å²) in [5.74, 6) is 3.38. The third kappa shape index (κ3) is 8.10. The topological polar surface area (TPSA) is 54.5 Å². The van der Waals surface area contributed by atoms with Crippen molar-refractivity contribution in [1.29, 1.82) is 0 Å². The maximum absolute atomic E-state index is 12.5. The minimum absolute atomic E-state index is 0.261. The average molecular weight is 366 g/mol. The van der Waals surface area contributed by atoms with Crippen molar-refractivity contribution >= 4 is 17.9 Å². The number of nitrogens with one attached hydrogen (secondary N) is 1. The van der Waals surface area contributed by atoms with E-state index in [2.05, 4.69) is 10.3 Å². The number of thioether (sulfide) groups is 1. The molecule has 1 fully saturated rings. The molecule has 6 heteroatoms. The average Bonchev–Trinajstić information content (AvgIpc) is 3.06. The summed E-state index contributed by atoms with van der Waals surface area (Å²) in [5, 5.41) is 3.53. The molecule has 0 saturated carbocycles. The maximum Gasteiger partial charge on any atom is 0.410 e. The summed E-state index contributed by atoms with van der Waals surface area (Å²) in [5.41, 5.74) is 0.534. The van der Waals surface area contributed by atoms with E-state index in [1.165, 1.54) is 17.9 Å². The Labute approximate surface area is 155 Å². The zero-order chi connectivity index (χ0) is 18.1. The summed E-state index contributed by atoms with van der Waals surface area (Å²) >= 11 is 2.05. The summed E-state index contributed by atoms with van der Waals surface area (Å²) < 4.78 is 5.55. The van der Waals surface area contributed by atoms with Crippen LogP contribution in [0.15, 0.2) is 24.5 Å². The number of hydrogen-bond donors (Lipinski definition) is 1. The van der Waals surface area contributed by atoms with Crippen LogP contribution in [0.2, 0.25) is 0 Å². The van der Waals surface area contributed by atoms with E-state index in [9.17, 15) is 4.79 Å². The second-order valence-electron chi connectivity index (χ2n) is 7.55. The van der Waals surface area contributed by atoms with Gasteiger partial charge in [0.1, 0.15) is 5.60 Å². The van der Waals surface area contributed by atoms with E-state index in [1.807, 2.05) is 44.7 Å². The SMILES string of the molecule is CC(C)(C)OC(=O)N(CCCNCC1CCSC1)Cc1cccnc1. The van der Waals surface area contributed by atoms with E-state index in [4.69, 9.17) is 4.74 Å². The molecule has 0 aromatic carbocycles. The van der Waals surface area contributed by atoms with Gasteiger partial charge < -0.3 is 15.0 Å². The lowest BCUT2D eigenvalue weighted by atomic mass is 10.1. The summed E-state index contributed by atoms with van der Waals surface area (Å²) in [6.45, 7) is 8.91. The van der Waals surface area contributed by atoms with Gasteiger partial charge in [0.2, 0.25) is 0 Å². The number of ether oxygens (including phenoxy) is 1. The van der Waals surface area contributed by atoms with E-state index < -0.39 is 5.60 Å². The fourth-order valence-corrected chi connectivity index (χ4v) is 4.00. The van der Waals surface area contributed by atoms with E-state index >= 15 is 0 Å². The quantitative estimate of drug-likeness (QED) is 0.714. The summed E-state index contributed by atoms with van der Waals surface area (Å²) in [6, 6.07) is 3.88. The molecule has 1 atom stereocenters. The largest absolute Gasteiger partial charge is 0.444 e. The fourth-order valence-electron chi connectivity index (χ4n) is 2.72. The molecule has 25 heavy (non-hydrogen) atoms. The van der Waals surface area contributed by atoms with Crippen LogP contribution in [0, 0.1) is 5.92 Å². The number of rotatable bonds is 8. The van der Waals surface area contributed by atoms with Gasteiger partial charge in [0.05, 0.1) is 6.54 Å². The monoisotopic (exact) mass is 365 g/mol. The van der Waals surface area contributed by atoms with Crippen LogP contribution in [-0.2, 0) is 11.3 Å². The maximum atomic E-state index is 12.5. The highest BCUT2D eigenvalue weighted by atomic mass is 32.2. The van der Waals surface area contributed by atoms with Gasteiger partial charge in [0.15, 0.2) is 0 Å². The molecule has 0 radical (unpaired) electrons. The Bertz CT molecular complexity index is 513. The molecule has 1 aliphatic rings. The van der Waals surface area contributed by atoms with Gasteiger partial charge in [-0.25, -0.2) is 4.79 Å². The number of nitrogens with zero attached hydrogens (tertiary/aromatic N) is 2. The molecule has 2 rings (SSSR count). The first-order valence-electron chi connectivity index (χ1n) is 9.09. The third-order valence-electron chi connectivity index (χ3n) is 3.99. The highest BCUT2D eigenvalue weighted by Gasteiger charge is 2.22. The Balaban J connectivity index is 1.79. The first-order chi connectivity index (χ1) is 11.9. The Morgan fingerprint density at radius 2 is 2.32 bits per heavy atom. The molecular formula is C19H31N3O2S. The van der Waals surface area contributed by atoms with Gasteiger partial charge >= 0.3 is 6.09 Å². The van der Waals surface area contributed by atoms with Gasteiger partial charge in [0, 0.05) is 18.9 Å². The number of hydrogen-bond acceptors (Lipinski definition) is 5. The predicted molar refractivity (Wildman–Crippen MR) is 104 cm³/mol.